The van der Waals surface area contributed by atoms with E-state index in [0.717, 1.165) is 11.8 Å². The van der Waals surface area contributed by atoms with Gasteiger partial charge in [0.15, 0.2) is 17.8 Å². The zero-order chi connectivity index (χ0) is 13.9. The van der Waals surface area contributed by atoms with Crippen LogP contribution in [0.4, 0.5) is 0 Å². The lowest BCUT2D eigenvalue weighted by Gasteiger charge is -2.25. The number of rotatable bonds is 4. The van der Waals surface area contributed by atoms with Gasteiger partial charge in [0.05, 0.1) is 12.7 Å². The fourth-order valence-corrected chi connectivity index (χ4v) is 2.39. The molecule has 0 bridgehead atoms. The van der Waals surface area contributed by atoms with Gasteiger partial charge in [-0.1, -0.05) is 26.8 Å². The van der Waals surface area contributed by atoms with Gasteiger partial charge in [-0.05, 0) is 24.6 Å². The van der Waals surface area contributed by atoms with Gasteiger partial charge in [0.2, 0.25) is 0 Å². The third-order valence-corrected chi connectivity index (χ3v) is 3.20. The number of aldehydes is 1. The smallest absolute Gasteiger partial charge is 0.274 e. The molecular formula is C14H21O3Si. The molecule has 0 unspecified atom stereocenters. The minimum Gasteiger partial charge on any atom is -0.540 e. The fraction of sp³-hybridized carbons (Fsp3) is 0.500. The predicted molar refractivity (Wildman–Crippen MR) is 75.2 cm³/mol. The summed E-state index contributed by atoms with van der Waals surface area (Å²) in [6.07, 6.45) is 0.815. The molecule has 18 heavy (non-hydrogen) atoms. The van der Waals surface area contributed by atoms with Gasteiger partial charge < -0.3 is 9.16 Å². The van der Waals surface area contributed by atoms with Gasteiger partial charge in [-0.3, -0.25) is 4.79 Å². The number of ether oxygens (including phenoxy) is 1. The first-order valence-electron chi connectivity index (χ1n) is 5.96. The van der Waals surface area contributed by atoms with Crippen LogP contribution in [-0.4, -0.2) is 22.4 Å². The van der Waals surface area contributed by atoms with Gasteiger partial charge in [-0.15, -0.1) is 0 Å². The number of carbonyl (C=O) groups excluding carboxylic acids is 1. The molecule has 0 fully saturated rings. The summed E-state index contributed by atoms with van der Waals surface area (Å²) in [4.78, 5) is 11.1. The number of methoxy groups -OCH3 is 1. The number of benzene rings is 1. The molecule has 0 spiro atoms. The van der Waals surface area contributed by atoms with E-state index in [2.05, 4.69) is 20.8 Å². The van der Waals surface area contributed by atoms with Crippen LogP contribution in [0.25, 0.3) is 0 Å². The standard InChI is InChI=1S/C14H21O3Si/c1-14(2,3)11-8-7-10(9-15)12(13(11)16-4)17-18(5)6/h7-9H,1-6H3. The van der Waals surface area contributed by atoms with E-state index in [1.54, 1.807) is 13.2 Å². The second-order valence-electron chi connectivity index (χ2n) is 5.44. The Morgan fingerprint density at radius 2 is 1.78 bits per heavy atom. The third-order valence-electron chi connectivity index (χ3n) is 2.59. The van der Waals surface area contributed by atoms with Crippen LogP contribution in [-0.2, 0) is 5.41 Å². The van der Waals surface area contributed by atoms with Gasteiger partial charge in [0.25, 0.3) is 9.04 Å². The average Bonchev–Trinajstić information content (AvgIpc) is 2.26. The average molecular weight is 265 g/mol. The van der Waals surface area contributed by atoms with Crippen LogP contribution in [0.3, 0.4) is 0 Å². The van der Waals surface area contributed by atoms with Gasteiger partial charge in [-0.2, -0.15) is 0 Å². The topological polar surface area (TPSA) is 35.5 Å². The molecule has 3 nitrogen and oxygen atoms in total. The highest BCUT2D eigenvalue weighted by Gasteiger charge is 2.24. The maximum atomic E-state index is 11.1. The molecule has 0 aliphatic rings. The van der Waals surface area contributed by atoms with Crippen LogP contribution in [0.1, 0.15) is 36.7 Å². The van der Waals surface area contributed by atoms with Crippen LogP contribution >= 0.6 is 0 Å². The second kappa shape index (κ2) is 5.57. The molecule has 1 radical (unpaired) electrons. The Morgan fingerprint density at radius 3 is 2.17 bits per heavy atom. The number of hydrogen-bond acceptors (Lipinski definition) is 3. The van der Waals surface area contributed by atoms with Crippen molar-refractivity contribution in [3.8, 4) is 11.5 Å². The Morgan fingerprint density at radius 1 is 1.17 bits per heavy atom. The van der Waals surface area contributed by atoms with Crippen LogP contribution in [0.2, 0.25) is 13.1 Å². The zero-order valence-electron chi connectivity index (χ0n) is 12.0. The van der Waals surface area contributed by atoms with Crippen molar-refractivity contribution in [2.24, 2.45) is 0 Å². The molecular weight excluding hydrogens is 244 g/mol. The molecule has 0 aliphatic carbocycles. The van der Waals surface area contributed by atoms with E-state index >= 15 is 0 Å². The summed E-state index contributed by atoms with van der Waals surface area (Å²) in [5.41, 5.74) is 1.54. The molecule has 0 aliphatic heterocycles. The minimum atomic E-state index is -0.951. The second-order valence-corrected chi connectivity index (χ2v) is 7.46. The molecule has 0 aromatic heterocycles. The largest absolute Gasteiger partial charge is 0.540 e. The van der Waals surface area contributed by atoms with Gasteiger partial charge in [0.1, 0.15) is 0 Å². The molecule has 0 atom stereocenters. The van der Waals surface area contributed by atoms with Crippen molar-refractivity contribution >= 4 is 15.3 Å². The lowest BCUT2D eigenvalue weighted by molar-refractivity contribution is 0.112. The van der Waals surface area contributed by atoms with Crippen LogP contribution in [0.15, 0.2) is 12.1 Å². The van der Waals surface area contributed by atoms with Gasteiger partial charge in [0, 0.05) is 5.56 Å². The fourth-order valence-electron chi connectivity index (χ4n) is 1.77. The Kier molecular flexibility index (Phi) is 4.57. The van der Waals surface area contributed by atoms with Crippen molar-refractivity contribution in [2.75, 3.05) is 7.11 Å². The van der Waals surface area contributed by atoms with Crippen LogP contribution < -0.4 is 9.16 Å². The van der Waals surface area contributed by atoms with Crippen LogP contribution in [0, 0.1) is 0 Å². The summed E-state index contributed by atoms with van der Waals surface area (Å²) in [7, 11) is 0.664. The highest BCUT2D eigenvalue weighted by atomic mass is 28.3. The highest BCUT2D eigenvalue weighted by molar-refractivity contribution is 6.49. The third kappa shape index (κ3) is 3.13. The molecule has 1 aromatic carbocycles. The lowest BCUT2D eigenvalue weighted by atomic mass is 9.85. The quantitative estimate of drug-likeness (QED) is 0.618. The first kappa shape index (κ1) is 14.8. The van der Waals surface area contributed by atoms with Crippen LogP contribution in [0.5, 0.6) is 11.5 Å². The normalized spacial score (nSPS) is 11.5. The highest BCUT2D eigenvalue weighted by Crippen LogP contribution is 2.40. The van der Waals surface area contributed by atoms with Crippen molar-refractivity contribution < 1.29 is 14.0 Å². The molecule has 1 rings (SSSR count). The number of carbonyl (C=O) groups is 1. The Bertz CT molecular complexity index is 433. The summed E-state index contributed by atoms with van der Waals surface area (Å²) in [5.74, 6) is 1.26. The van der Waals surface area contributed by atoms with E-state index in [1.807, 2.05) is 19.2 Å². The molecule has 0 amide bonds. The van der Waals surface area contributed by atoms with E-state index in [0.29, 0.717) is 17.1 Å². The lowest BCUT2D eigenvalue weighted by Crippen LogP contribution is -2.17. The van der Waals surface area contributed by atoms with Gasteiger partial charge >= 0.3 is 0 Å². The van der Waals surface area contributed by atoms with Crippen molar-refractivity contribution in [1.82, 2.24) is 0 Å². The first-order valence-corrected chi connectivity index (χ1v) is 8.36. The van der Waals surface area contributed by atoms with E-state index < -0.39 is 9.04 Å². The summed E-state index contributed by atoms with van der Waals surface area (Å²) in [5, 5.41) is 0. The summed E-state index contributed by atoms with van der Waals surface area (Å²) in [6, 6.07) is 3.74. The van der Waals surface area contributed by atoms with E-state index in [1.165, 1.54) is 0 Å². The van der Waals surface area contributed by atoms with E-state index in [9.17, 15) is 4.79 Å². The van der Waals surface area contributed by atoms with Crippen molar-refractivity contribution in [3.63, 3.8) is 0 Å². The molecule has 0 N–H and O–H groups in total. The molecule has 1 aromatic rings. The van der Waals surface area contributed by atoms with Gasteiger partial charge in [-0.25, -0.2) is 0 Å². The Balaban J connectivity index is 3.46. The summed E-state index contributed by atoms with van der Waals surface area (Å²) in [6.45, 7) is 10.4. The summed E-state index contributed by atoms with van der Waals surface area (Å²) >= 11 is 0. The minimum absolute atomic E-state index is 0.0563. The van der Waals surface area contributed by atoms with Crippen molar-refractivity contribution in [3.05, 3.63) is 23.3 Å². The first-order chi connectivity index (χ1) is 8.31. The van der Waals surface area contributed by atoms with Crippen molar-refractivity contribution in [2.45, 2.75) is 39.3 Å². The van der Waals surface area contributed by atoms with E-state index in [4.69, 9.17) is 9.16 Å². The van der Waals surface area contributed by atoms with Crippen molar-refractivity contribution in [1.29, 1.82) is 0 Å². The monoisotopic (exact) mass is 265 g/mol. The maximum absolute atomic E-state index is 11.1. The van der Waals surface area contributed by atoms with E-state index in [-0.39, 0.29) is 5.41 Å². The predicted octanol–water partition coefficient (Wildman–Crippen LogP) is 3.44. The molecule has 0 saturated carbocycles. The maximum Gasteiger partial charge on any atom is 0.274 e. The Hall–Kier alpha value is -1.29. The molecule has 4 heteroatoms. The Labute approximate surface area is 111 Å². The SMILES string of the molecule is COc1c(C(C)(C)C)ccc(C=O)c1O[Si](C)C. The molecule has 99 valence electrons. The molecule has 0 heterocycles. The molecule has 0 saturated heterocycles. The zero-order valence-corrected chi connectivity index (χ0v) is 13.0. The number of hydrogen-bond donors (Lipinski definition) is 0. The summed E-state index contributed by atoms with van der Waals surface area (Å²) < 4.78 is 11.3.